The second-order valence-corrected chi connectivity index (χ2v) is 5.05. The molecule has 0 aliphatic carbocycles. The molecule has 2 aromatic rings. The van der Waals surface area contributed by atoms with Crippen molar-refractivity contribution in [3.8, 4) is 5.69 Å². The van der Waals surface area contributed by atoms with E-state index in [0.717, 1.165) is 5.56 Å². The largest absolute Gasteiger partial charge is 0.481 e. The fraction of sp³-hybridized carbons (Fsp3) is 0.200. The zero-order valence-electron chi connectivity index (χ0n) is 11.1. The average Bonchev–Trinajstić information content (AvgIpc) is 2.87. The van der Waals surface area contributed by atoms with Gasteiger partial charge in [0.1, 0.15) is 0 Å². The minimum atomic E-state index is -1.07. The molecule has 0 radical (unpaired) electrons. The quantitative estimate of drug-likeness (QED) is 0.858. The van der Waals surface area contributed by atoms with Crippen LogP contribution in [0.15, 0.2) is 36.7 Å². The Morgan fingerprint density at radius 1 is 1.19 bits per heavy atom. The Labute approximate surface area is 126 Å². The van der Waals surface area contributed by atoms with Crippen molar-refractivity contribution in [1.29, 1.82) is 0 Å². The summed E-state index contributed by atoms with van der Waals surface area (Å²) in [6.45, 7) is 0. The zero-order chi connectivity index (χ0) is 15.4. The fourth-order valence-electron chi connectivity index (χ4n) is 2.03. The van der Waals surface area contributed by atoms with Crippen LogP contribution in [-0.2, 0) is 11.2 Å². The van der Waals surface area contributed by atoms with Gasteiger partial charge in [0, 0.05) is 24.5 Å². The van der Waals surface area contributed by atoms with E-state index >= 15 is 0 Å². The molecule has 1 aromatic carbocycles. The minimum Gasteiger partial charge on any atom is -0.481 e. The highest BCUT2D eigenvalue weighted by molar-refractivity contribution is 6.33. The van der Waals surface area contributed by atoms with Crippen LogP contribution >= 0.6 is 11.6 Å². The van der Waals surface area contributed by atoms with E-state index in [1.807, 2.05) is 18.5 Å². The number of hydrogen-bond donors (Lipinski definition) is 2. The molecule has 0 saturated heterocycles. The lowest BCUT2D eigenvalue weighted by Crippen LogP contribution is -2.00. The molecular formula is C15H14ClNO4. The van der Waals surface area contributed by atoms with Crippen molar-refractivity contribution >= 4 is 23.5 Å². The first-order valence-electron chi connectivity index (χ1n) is 6.39. The van der Waals surface area contributed by atoms with Gasteiger partial charge < -0.3 is 14.8 Å². The van der Waals surface area contributed by atoms with E-state index in [1.165, 1.54) is 6.07 Å². The summed E-state index contributed by atoms with van der Waals surface area (Å²) in [5.41, 5.74) is 1.75. The van der Waals surface area contributed by atoms with E-state index in [4.69, 9.17) is 21.8 Å². The van der Waals surface area contributed by atoms with Crippen molar-refractivity contribution in [3.05, 3.63) is 52.8 Å². The number of nitrogens with zero attached hydrogens (tertiary/aromatic N) is 1. The molecule has 5 nitrogen and oxygen atoms in total. The summed E-state index contributed by atoms with van der Waals surface area (Å²) in [6, 6.07) is 6.67. The van der Waals surface area contributed by atoms with Crippen LogP contribution in [0.5, 0.6) is 0 Å². The van der Waals surface area contributed by atoms with Gasteiger partial charge in [-0.25, -0.2) is 4.79 Å². The SMILES string of the molecule is O=C(O)CCCc1ccn(-c2ccc(Cl)c(C(=O)O)c2)c1. The van der Waals surface area contributed by atoms with Crippen molar-refractivity contribution < 1.29 is 19.8 Å². The van der Waals surface area contributed by atoms with E-state index in [9.17, 15) is 9.59 Å². The first-order valence-corrected chi connectivity index (χ1v) is 6.77. The maximum Gasteiger partial charge on any atom is 0.337 e. The molecule has 2 N–H and O–H groups in total. The summed E-state index contributed by atoms with van der Waals surface area (Å²) in [4.78, 5) is 21.5. The highest BCUT2D eigenvalue weighted by Crippen LogP contribution is 2.21. The monoisotopic (exact) mass is 307 g/mol. The summed E-state index contributed by atoms with van der Waals surface area (Å²) in [6.07, 6.45) is 5.04. The number of hydrogen-bond acceptors (Lipinski definition) is 2. The Morgan fingerprint density at radius 2 is 1.95 bits per heavy atom. The summed E-state index contributed by atoms with van der Waals surface area (Å²) in [7, 11) is 0. The van der Waals surface area contributed by atoms with Gasteiger partial charge in [-0.15, -0.1) is 0 Å². The van der Waals surface area contributed by atoms with E-state index in [-0.39, 0.29) is 17.0 Å². The number of aromatic nitrogens is 1. The number of carboxylic acids is 2. The summed E-state index contributed by atoms with van der Waals surface area (Å²) in [5.74, 6) is -1.88. The molecule has 21 heavy (non-hydrogen) atoms. The molecule has 0 unspecified atom stereocenters. The molecule has 0 saturated carbocycles. The van der Waals surface area contributed by atoms with Gasteiger partial charge in [0.25, 0.3) is 0 Å². The molecule has 0 atom stereocenters. The molecule has 2 rings (SSSR count). The van der Waals surface area contributed by atoms with Gasteiger partial charge in [-0.05, 0) is 42.7 Å². The van der Waals surface area contributed by atoms with Crippen molar-refractivity contribution in [2.45, 2.75) is 19.3 Å². The Hall–Kier alpha value is -2.27. The lowest BCUT2D eigenvalue weighted by Gasteiger charge is -2.05. The molecule has 0 amide bonds. The number of aliphatic carboxylic acids is 1. The molecule has 0 aliphatic rings. The van der Waals surface area contributed by atoms with Crippen molar-refractivity contribution in [3.63, 3.8) is 0 Å². The van der Waals surface area contributed by atoms with Gasteiger partial charge in [-0.3, -0.25) is 4.79 Å². The first-order chi connectivity index (χ1) is 9.97. The number of halogens is 1. The third-order valence-electron chi connectivity index (χ3n) is 3.09. The Morgan fingerprint density at radius 3 is 2.62 bits per heavy atom. The maximum absolute atomic E-state index is 11.1. The van der Waals surface area contributed by atoms with Crippen molar-refractivity contribution in [2.24, 2.45) is 0 Å². The average molecular weight is 308 g/mol. The van der Waals surface area contributed by atoms with E-state index in [0.29, 0.717) is 18.5 Å². The molecule has 1 heterocycles. The number of carboxylic acid groups (broad SMARTS) is 2. The Kier molecular flexibility index (Phi) is 4.65. The van der Waals surface area contributed by atoms with Crippen molar-refractivity contribution in [1.82, 2.24) is 4.57 Å². The molecule has 0 aliphatic heterocycles. The Bertz CT molecular complexity index is 678. The molecular weight excluding hydrogens is 294 g/mol. The molecule has 1 aromatic heterocycles. The van der Waals surface area contributed by atoms with Crippen LogP contribution in [0, 0.1) is 0 Å². The predicted molar refractivity (Wildman–Crippen MR) is 78.3 cm³/mol. The van der Waals surface area contributed by atoms with E-state index in [1.54, 1.807) is 16.7 Å². The topological polar surface area (TPSA) is 79.5 Å². The third-order valence-corrected chi connectivity index (χ3v) is 3.42. The van der Waals surface area contributed by atoms with Crippen LogP contribution in [0.1, 0.15) is 28.8 Å². The highest BCUT2D eigenvalue weighted by Gasteiger charge is 2.10. The molecule has 110 valence electrons. The normalized spacial score (nSPS) is 10.5. The standard InChI is InChI=1S/C15H14ClNO4/c16-13-5-4-11(8-12(13)15(20)21)17-7-6-10(9-17)2-1-3-14(18)19/h4-9H,1-3H2,(H,18,19)(H,20,21). The lowest BCUT2D eigenvalue weighted by atomic mass is 10.1. The molecule has 0 bridgehead atoms. The smallest absolute Gasteiger partial charge is 0.337 e. The minimum absolute atomic E-state index is 0.0512. The first kappa shape index (κ1) is 15.1. The van der Waals surface area contributed by atoms with Gasteiger partial charge in [-0.1, -0.05) is 11.6 Å². The fourth-order valence-corrected chi connectivity index (χ4v) is 2.23. The molecule has 0 spiro atoms. The van der Waals surface area contributed by atoms with Crippen LogP contribution in [-0.4, -0.2) is 26.7 Å². The van der Waals surface area contributed by atoms with Gasteiger partial charge in [0.2, 0.25) is 0 Å². The third kappa shape index (κ3) is 3.86. The van der Waals surface area contributed by atoms with Crippen LogP contribution in [0.2, 0.25) is 5.02 Å². The van der Waals surface area contributed by atoms with Gasteiger partial charge in [-0.2, -0.15) is 0 Å². The van der Waals surface area contributed by atoms with Gasteiger partial charge in [0.05, 0.1) is 10.6 Å². The lowest BCUT2D eigenvalue weighted by molar-refractivity contribution is -0.137. The second-order valence-electron chi connectivity index (χ2n) is 4.64. The number of carbonyl (C=O) groups is 2. The van der Waals surface area contributed by atoms with Crippen LogP contribution in [0.25, 0.3) is 5.69 Å². The van der Waals surface area contributed by atoms with E-state index < -0.39 is 11.9 Å². The zero-order valence-corrected chi connectivity index (χ0v) is 11.9. The summed E-state index contributed by atoms with van der Waals surface area (Å²) in [5, 5.41) is 17.9. The summed E-state index contributed by atoms with van der Waals surface area (Å²) < 4.78 is 1.79. The summed E-state index contributed by atoms with van der Waals surface area (Å²) >= 11 is 5.84. The number of aromatic carboxylic acids is 1. The van der Waals surface area contributed by atoms with Crippen LogP contribution in [0.4, 0.5) is 0 Å². The predicted octanol–water partition coefficient (Wildman–Crippen LogP) is 3.24. The Balaban J connectivity index is 2.16. The number of benzene rings is 1. The molecule has 0 fully saturated rings. The number of rotatable bonds is 6. The van der Waals surface area contributed by atoms with Gasteiger partial charge >= 0.3 is 11.9 Å². The highest BCUT2D eigenvalue weighted by atomic mass is 35.5. The van der Waals surface area contributed by atoms with Crippen LogP contribution < -0.4 is 0 Å². The number of aryl methyl sites for hydroxylation is 1. The second kappa shape index (κ2) is 6.45. The van der Waals surface area contributed by atoms with Gasteiger partial charge in [0.15, 0.2) is 0 Å². The maximum atomic E-state index is 11.1. The van der Waals surface area contributed by atoms with Crippen molar-refractivity contribution in [2.75, 3.05) is 0 Å². The molecule has 6 heteroatoms. The van der Waals surface area contributed by atoms with E-state index in [2.05, 4.69) is 0 Å². The van der Waals surface area contributed by atoms with Crippen LogP contribution in [0.3, 0.4) is 0 Å².